The van der Waals surface area contributed by atoms with E-state index in [4.69, 9.17) is 10.2 Å². The Morgan fingerprint density at radius 3 is 2.57 bits per heavy atom. The van der Waals surface area contributed by atoms with Crippen LogP contribution in [0.2, 0.25) is 0 Å². The van der Waals surface area contributed by atoms with E-state index in [1.54, 1.807) is 0 Å². The van der Waals surface area contributed by atoms with E-state index in [2.05, 4.69) is 10.0 Å². The molecule has 0 radical (unpaired) electrons. The molecule has 0 amide bonds. The molecule has 128 valence electrons. The number of hydrogen-bond donors (Lipinski definition) is 4. The van der Waals surface area contributed by atoms with Crippen molar-refractivity contribution in [2.45, 2.75) is 43.0 Å². The molecule has 0 spiro atoms. The molecule has 1 aliphatic carbocycles. The summed E-state index contributed by atoms with van der Waals surface area (Å²) in [5.74, 6) is -1.18. The van der Waals surface area contributed by atoms with Crippen LogP contribution in [0.15, 0.2) is 23.1 Å². The quantitative estimate of drug-likeness (QED) is 0.531. The lowest BCUT2D eigenvalue weighted by Gasteiger charge is -2.18. The van der Waals surface area contributed by atoms with E-state index in [1.807, 2.05) is 0 Å². The van der Waals surface area contributed by atoms with E-state index in [9.17, 15) is 13.2 Å². The van der Waals surface area contributed by atoms with E-state index >= 15 is 0 Å². The van der Waals surface area contributed by atoms with Gasteiger partial charge in [0.2, 0.25) is 10.0 Å². The standard InChI is InChI=1S/C15H22N2O5S/c18-9-3-8-16-23(21,22)14-10-11(15(19)20)6-7-13(14)17-12-4-1-2-5-12/h6-7,10,12,16-18H,1-5,8-9H2,(H,19,20). The number of anilines is 1. The van der Waals surface area contributed by atoms with Gasteiger partial charge in [-0.25, -0.2) is 17.9 Å². The Kier molecular flexibility index (Phi) is 5.97. The molecule has 7 nitrogen and oxygen atoms in total. The summed E-state index contributed by atoms with van der Waals surface area (Å²) in [5.41, 5.74) is 0.336. The smallest absolute Gasteiger partial charge is 0.335 e. The molecular formula is C15H22N2O5S. The Bertz CT molecular complexity index is 654. The molecule has 1 saturated carbocycles. The van der Waals surface area contributed by atoms with E-state index in [0.29, 0.717) is 12.1 Å². The highest BCUT2D eigenvalue weighted by molar-refractivity contribution is 7.89. The second-order valence-corrected chi connectivity index (χ2v) is 7.35. The molecule has 0 atom stereocenters. The zero-order chi connectivity index (χ0) is 16.9. The maximum Gasteiger partial charge on any atom is 0.335 e. The Hall–Kier alpha value is -1.64. The van der Waals surface area contributed by atoms with Crippen molar-refractivity contribution in [2.24, 2.45) is 0 Å². The Labute approximate surface area is 135 Å². The predicted octanol–water partition coefficient (Wildman–Crippen LogP) is 1.40. The van der Waals surface area contributed by atoms with Crippen LogP contribution in [0.25, 0.3) is 0 Å². The third-order valence-electron chi connectivity index (χ3n) is 3.86. The second kappa shape index (κ2) is 7.76. The number of aliphatic hydroxyl groups excluding tert-OH is 1. The van der Waals surface area contributed by atoms with Crippen molar-refractivity contribution in [3.8, 4) is 0 Å². The van der Waals surface area contributed by atoms with Crippen LogP contribution in [0.4, 0.5) is 5.69 Å². The van der Waals surface area contributed by atoms with E-state index in [-0.39, 0.29) is 29.7 Å². The summed E-state index contributed by atoms with van der Waals surface area (Å²) < 4.78 is 27.3. The molecular weight excluding hydrogens is 320 g/mol. The number of rotatable bonds is 8. The minimum atomic E-state index is -3.85. The number of benzene rings is 1. The third-order valence-corrected chi connectivity index (χ3v) is 5.36. The molecule has 0 saturated heterocycles. The third kappa shape index (κ3) is 4.66. The fourth-order valence-electron chi connectivity index (χ4n) is 2.65. The number of carboxylic acid groups (broad SMARTS) is 1. The van der Waals surface area contributed by atoms with Crippen LogP contribution in [0.3, 0.4) is 0 Å². The summed E-state index contributed by atoms with van der Waals surface area (Å²) in [7, 11) is -3.85. The molecule has 0 heterocycles. The Morgan fingerprint density at radius 2 is 1.96 bits per heavy atom. The maximum absolute atomic E-state index is 12.5. The van der Waals surface area contributed by atoms with Crippen molar-refractivity contribution >= 4 is 21.7 Å². The van der Waals surface area contributed by atoms with Gasteiger partial charge >= 0.3 is 5.97 Å². The number of carboxylic acids is 1. The lowest BCUT2D eigenvalue weighted by Crippen LogP contribution is -2.27. The first-order chi connectivity index (χ1) is 10.9. The monoisotopic (exact) mass is 342 g/mol. The average Bonchev–Trinajstić information content (AvgIpc) is 3.00. The molecule has 1 fully saturated rings. The summed E-state index contributed by atoms with van der Waals surface area (Å²) in [6.45, 7) is -0.0239. The van der Waals surface area contributed by atoms with Gasteiger partial charge in [-0.05, 0) is 37.5 Å². The van der Waals surface area contributed by atoms with Gasteiger partial charge in [0.25, 0.3) is 0 Å². The SMILES string of the molecule is O=C(O)c1ccc(NC2CCCC2)c(S(=O)(=O)NCCCO)c1. The molecule has 0 unspecified atom stereocenters. The van der Waals surface area contributed by atoms with Gasteiger partial charge in [-0.1, -0.05) is 12.8 Å². The Balaban J connectivity index is 2.31. The fourth-order valence-corrected chi connectivity index (χ4v) is 3.92. The van der Waals surface area contributed by atoms with Crippen LogP contribution in [-0.4, -0.2) is 43.8 Å². The molecule has 2 rings (SSSR count). The minimum absolute atomic E-state index is 0.0674. The summed E-state index contributed by atoms with van der Waals surface area (Å²) >= 11 is 0. The molecule has 8 heteroatoms. The summed E-state index contributed by atoms with van der Waals surface area (Å²) in [6, 6.07) is 4.27. The van der Waals surface area contributed by atoms with Crippen molar-refractivity contribution in [2.75, 3.05) is 18.5 Å². The highest BCUT2D eigenvalue weighted by atomic mass is 32.2. The number of aromatic carboxylic acids is 1. The van der Waals surface area contributed by atoms with Crippen molar-refractivity contribution in [1.29, 1.82) is 0 Å². The van der Waals surface area contributed by atoms with Crippen molar-refractivity contribution in [3.05, 3.63) is 23.8 Å². The fraction of sp³-hybridized carbons (Fsp3) is 0.533. The van der Waals surface area contributed by atoms with Gasteiger partial charge in [0.15, 0.2) is 0 Å². The number of carbonyl (C=O) groups is 1. The molecule has 1 aromatic rings. The molecule has 0 aromatic heterocycles. The number of aliphatic hydroxyl groups is 1. The van der Waals surface area contributed by atoms with Gasteiger partial charge in [-0.2, -0.15) is 0 Å². The van der Waals surface area contributed by atoms with E-state index in [0.717, 1.165) is 25.7 Å². The van der Waals surface area contributed by atoms with Crippen LogP contribution in [0.1, 0.15) is 42.5 Å². The van der Waals surface area contributed by atoms with E-state index < -0.39 is 16.0 Å². The van der Waals surface area contributed by atoms with E-state index in [1.165, 1.54) is 18.2 Å². The number of nitrogens with one attached hydrogen (secondary N) is 2. The van der Waals surface area contributed by atoms with Crippen LogP contribution in [0.5, 0.6) is 0 Å². The highest BCUT2D eigenvalue weighted by Gasteiger charge is 2.23. The average molecular weight is 342 g/mol. The lowest BCUT2D eigenvalue weighted by atomic mass is 10.2. The van der Waals surface area contributed by atoms with Crippen LogP contribution >= 0.6 is 0 Å². The summed E-state index contributed by atoms with van der Waals surface area (Å²) in [6.07, 6.45) is 4.43. The first-order valence-corrected chi connectivity index (χ1v) is 9.17. The van der Waals surface area contributed by atoms with Crippen molar-refractivity contribution < 1.29 is 23.4 Å². The second-order valence-electron chi connectivity index (χ2n) is 5.62. The van der Waals surface area contributed by atoms with Gasteiger partial charge in [-0.15, -0.1) is 0 Å². The predicted molar refractivity (Wildman–Crippen MR) is 86.2 cm³/mol. The zero-order valence-corrected chi connectivity index (χ0v) is 13.6. The van der Waals surface area contributed by atoms with Crippen LogP contribution < -0.4 is 10.0 Å². The van der Waals surface area contributed by atoms with Crippen LogP contribution in [0, 0.1) is 0 Å². The van der Waals surface area contributed by atoms with Gasteiger partial charge < -0.3 is 15.5 Å². The normalized spacial score (nSPS) is 15.7. The lowest BCUT2D eigenvalue weighted by molar-refractivity contribution is 0.0696. The van der Waals surface area contributed by atoms with Crippen molar-refractivity contribution in [1.82, 2.24) is 4.72 Å². The zero-order valence-electron chi connectivity index (χ0n) is 12.8. The van der Waals surface area contributed by atoms with Crippen LogP contribution in [-0.2, 0) is 10.0 Å². The molecule has 1 aromatic carbocycles. The summed E-state index contributed by atoms with van der Waals surface area (Å²) in [5, 5.41) is 21.1. The first kappa shape index (κ1) is 17.7. The van der Waals surface area contributed by atoms with Gasteiger partial charge in [-0.3, -0.25) is 0 Å². The topological polar surface area (TPSA) is 116 Å². The Morgan fingerprint density at radius 1 is 1.26 bits per heavy atom. The first-order valence-electron chi connectivity index (χ1n) is 7.68. The molecule has 0 bridgehead atoms. The number of sulfonamides is 1. The van der Waals surface area contributed by atoms with Crippen molar-refractivity contribution in [3.63, 3.8) is 0 Å². The highest BCUT2D eigenvalue weighted by Crippen LogP contribution is 2.28. The number of hydrogen-bond acceptors (Lipinski definition) is 5. The largest absolute Gasteiger partial charge is 0.478 e. The minimum Gasteiger partial charge on any atom is -0.478 e. The van der Waals surface area contributed by atoms with Gasteiger partial charge in [0.05, 0.1) is 11.3 Å². The van der Waals surface area contributed by atoms with Gasteiger partial charge in [0, 0.05) is 19.2 Å². The molecule has 23 heavy (non-hydrogen) atoms. The molecule has 1 aliphatic rings. The summed E-state index contributed by atoms with van der Waals surface area (Å²) in [4.78, 5) is 11.1. The molecule has 0 aliphatic heterocycles. The maximum atomic E-state index is 12.5. The molecule has 4 N–H and O–H groups in total. The van der Waals surface area contributed by atoms with Gasteiger partial charge in [0.1, 0.15) is 4.90 Å².